The van der Waals surface area contributed by atoms with Gasteiger partial charge in [-0.15, -0.1) is 0 Å². The van der Waals surface area contributed by atoms with Crippen molar-refractivity contribution in [2.75, 3.05) is 23.3 Å². The molecule has 2 unspecified atom stereocenters. The summed E-state index contributed by atoms with van der Waals surface area (Å²) in [7, 11) is 2.16. The van der Waals surface area contributed by atoms with Gasteiger partial charge in [-0.05, 0) is 98.1 Å². The topological polar surface area (TPSA) is 76.1 Å². The Morgan fingerprint density at radius 3 is 2.51 bits per heavy atom. The van der Waals surface area contributed by atoms with E-state index in [0.717, 1.165) is 46.9 Å². The number of rotatable bonds is 8. The zero-order valence-electron chi connectivity index (χ0n) is 27.5. The highest BCUT2D eigenvalue weighted by molar-refractivity contribution is 8.00. The largest absolute Gasteiger partial charge is 0.477 e. The van der Waals surface area contributed by atoms with Crippen molar-refractivity contribution < 1.29 is 4.74 Å². The summed E-state index contributed by atoms with van der Waals surface area (Å²) >= 11 is 1.54. The van der Waals surface area contributed by atoms with E-state index in [1.54, 1.807) is 0 Å². The Labute approximate surface area is 272 Å². The summed E-state index contributed by atoms with van der Waals surface area (Å²) in [6.45, 7) is 11.8. The second-order valence-corrected chi connectivity index (χ2v) is 14.5. The van der Waals surface area contributed by atoms with Crippen molar-refractivity contribution in [1.82, 2.24) is 19.9 Å². The van der Waals surface area contributed by atoms with Gasteiger partial charge in [0.05, 0.1) is 24.2 Å². The van der Waals surface area contributed by atoms with Crippen LogP contribution in [-0.2, 0) is 6.42 Å². The van der Waals surface area contributed by atoms with Crippen LogP contribution in [0, 0.1) is 25.2 Å². The van der Waals surface area contributed by atoms with Gasteiger partial charge in [0.25, 0.3) is 0 Å². The van der Waals surface area contributed by atoms with Crippen LogP contribution in [0.3, 0.4) is 0 Å². The highest BCUT2D eigenvalue weighted by Gasteiger charge is 2.32. The number of anilines is 2. The molecule has 4 aromatic rings. The lowest BCUT2D eigenvalue weighted by Crippen LogP contribution is -2.37. The zero-order valence-corrected chi connectivity index (χ0v) is 28.3. The van der Waals surface area contributed by atoms with E-state index >= 15 is 0 Å². The summed E-state index contributed by atoms with van der Waals surface area (Å²) in [6.07, 6.45) is 10.5. The van der Waals surface area contributed by atoms with Crippen molar-refractivity contribution in [2.45, 2.75) is 90.0 Å². The van der Waals surface area contributed by atoms with Gasteiger partial charge in [-0.3, -0.25) is 9.71 Å². The number of ether oxygens (including phenoxy) is 1. The minimum absolute atomic E-state index is 0.148. The number of benzene rings is 2. The molecular weight excluding hydrogens is 577 g/mol. The third-order valence-corrected chi connectivity index (χ3v) is 10.6. The van der Waals surface area contributed by atoms with E-state index in [1.807, 2.05) is 18.5 Å². The Bertz CT molecular complexity index is 1620. The fraction of sp³-hybridized carbons (Fsp3) is 0.459. The molecule has 1 aliphatic heterocycles. The van der Waals surface area contributed by atoms with E-state index in [9.17, 15) is 0 Å². The number of nitrogens with one attached hydrogen (secondary N) is 1. The van der Waals surface area contributed by atoms with Gasteiger partial charge in [0, 0.05) is 41.7 Å². The average Bonchev–Trinajstić information content (AvgIpc) is 3.00. The van der Waals surface area contributed by atoms with E-state index in [1.165, 1.54) is 47.9 Å². The highest BCUT2D eigenvalue weighted by Crippen LogP contribution is 2.40. The number of hydrogen-bond acceptors (Lipinski definition) is 8. The molecule has 2 aromatic heterocycles. The van der Waals surface area contributed by atoms with Crippen molar-refractivity contribution in [3.63, 3.8) is 0 Å². The van der Waals surface area contributed by atoms with Crippen LogP contribution in [0.2, 0.25) is 0 Å². The zero-order chi connectivity index (χ0) is 31.6. The number of aromatic nitrogens is 4. The Morgan fingerprint density at radius 2 is 1.78 bits per heavy atom. The minimum atomic E-state index is 0.148. The van der Waals surface area contributed by atoms with Crippen LogP contribution >= 0.6 is 11.9 Å². The third kappa shape index (κ3) is 7.27. The Morgan fingerprint density at radius 1 is 1.00 bits per heavy atom. The molecule has 0 saturated heterocycles. The molecule has 2 aliphatic rings. The van der Waals surface area contributed by atoms with Crippen LogP contribution < -0.4 is 14.4 Å². The minimum Gasteiger partial charge on any atom is -0.477 e. The van der Waals surface area contributed by atoms with Gasteiger partial charge >= 0.3 is 0 Å². The highest BCUT2D eigenvalue weighted by atomic mass is 32.2. The first-order chi connectivity index (χ1) is 21.7. The predicted molar refractivity (Wildman–Crippen MR) is 185 cm³/mol. The lowest BCUT2D eigenvalue weighted by Gasteiger charge is -2.36. The van der Waals surface area contributed by atoms with Gasteiger partial charge in [-0.1, -0.05) is 57.5 Å². The molecule has 2 atom stereocenters. The van der Waals surface area contributed by atoms with E-state index in [0.29, 0.717) is 24.5 Å². The molecule has 7 nitrogen and oxygen atoms in total. The maximum Gasteiger partial charge on any atom is 0.237 e. The van der Waals surface area contributed by atoms with Gasteiger partial charge in [-0.25, -0.2) is 9.97 Å². The van der Waals surface area contributed by atoms with Gasteiger partial charge in [0.15, 0.2) is 0 Å². The van der Waals surface area contributed by atoms with Crippen LogP contribution in [0.15, 0.2) is 65.8 Å². The molecular formula is C37H46N6OS. The normalized spacial score (nSPS) is 18.5. The summed E-state index contributed by atoms with van der Waals surface area (Å²) in [4.78, 5) is 23.0. The van der Waals surface area contributed by atoms with Crippen LogP contribution in [0.5, 0.6) is 5.88 Å². The fourth-order valence-corrected chi connectivity index (χ4v) is 7.22. The number of fused-ring (bicyclic) bond motifs is 4. The van der Waals surface area contributed by atoms with Gasteiger partial charge in [-0.2, -0.15) is 4.98 Å². The second kappa shape index (κ2) is 13.4. The molecule has 3 heterocycles. The molecule has 4 bridgehead atoms. The van der Waals surface area contributed by atoms with Gasteiger partial charge in [0.1, 0.15) is 5.82 Å². The number of nitrogens with zero attached hydrogens (tertiary/aromatic N) is 5. The molecule has 0 amide bonds. The third-order valence-electron chi connectivity index (χ3n) is 9.86. The average molecular weight is 623 g/mol. The Hall–Kier alpha value is -3.65. The summed E-state index contributed by atoms with van der Waals surface area (Å²) in [5.74, 6) is 2.52. The molecule has 1 N–H and O–H groups in total. The van der Waals surface area contributed by atoms with Crippen molar-refractivity contribution >= 4 is 23.7 Å². The molecule has 2 aromatic carbocycles. The Kier molecular flexibility index (Phi) is 9.31. The van der Waals surface area contributed by atoms with E-state index in [-0.39, 0.29) is 17.3 Å². The standard InChI is InChI=1S/C37H46N6OS/c1-7-37(4,5)20-27-23-44-34-19-32(35-24(2)11-8-12-25(35)3)40-36(41-34)42-45-30-16-9-13-26(17-30)31(27)18-28-21-38-22-33(39-28)43(6)29-14-10-15-29/h8-9,11-13,16-17,19,21-22,27,29,31H,7,10,14-15,18,20,23H2,1-6H3,(H,40,41,42). The van der Waals surface area contributed by atoms with Crippen molar-refractivity contribution in [2.24, 2.45) is 11.3 Å². The van der Waals surface area contributed by atoms with Crippen LogP contribution in [0.4, 0.5) is 11.8 Å². The lowest BCUT2D eigenvalue weighted by molar-refractivity contribution is 0.155. The van der Waals surface area contributed by atoms with Crippen molar-refractivity contribution in [3.05, 3.63) is 83.3 Å². The first-order valence-electron chi connectivity index (χ1n) is 16.3. The van der Waals surface area contributed by atoms with E-state index < -0.39 is 0 Å². The summed E-state index contributed by atoms with van der Waals surface area (Å²) in [5, 5.41) is 0. The smallest absolute Gasteiger partial charge is 0.237 e. The monoisotopic (exact) mass is 622 g/mol. The van der Waals surface area contributed by atoms with E-state index in [4.69, 9.17) is 19.7 Å². The predicted octanol–water partition coefficient (Wildman–Crippen LogP) is 8.82. The molecule has 6 rings (SSSR count). The lowest BCUT2D eigenvalue weighted by atomic mass is 9.73. The quantitative estimate of drug-likeness (QED) is 0.195. The molecule has 0 spiro atoms. The van der Waals surface area contributed by atoms with Gasteiger partial charge in [0.2, 0.25) is 11.8 Å². The molecule has 8 heteroatoms. The van der Waals surface area contributed by atoms with Crippen molar-refractivity contribution in [1.29, 1.82) is 0 Å². The SMILES string of the molecule is CCC(C)(C)CC1COc2cc(-c3c(C)cccc3C)nc(n2)NSc2cccc(c2)C1Cc1cncc(N(C)C2CCC2)n1. The first-order valence-corrected chi connectivity index (χ1v) is 17.2. The molecule has 236 valence electrons. The maximum atomic E-state index is 6.67. The molecule has 45 heavy (non-hydrogen) atoms. The molecule has 0 radical (unpaired) electrons. The van der Waals surface area contributed by atoms with E-state index in [2.05, 4.69) is 98.7 Å². The molecule has 1 saturated carbocycles. The number of aryl methyl sites for hydroxylation is 2. The van der Waals surface area contributed by atoms with Crippen LogP contribution in [0.25, 0.3) is 11.3 Å². The van der Waals surface area contributed by atoms with Gasteiger partial charge < -0.3 is 9.64 Å². The molecule has 1 aliphatic carbocycles. The first kappa shape index (κ1) is 31.3. The Balaban J connectivity index is 1.39. The van der Waals surface area contributed by atoms with Crippen molar-refractivity contribution in [3.8, 4) is 17.1 Å². The number of hydrogen-bond donors (Lipinski definition) is 1. The molecule has 1 fully saturated rings. The van der Waals surface area contributed by atoms with Crippen LogP contribution in [0.1, 0.15) is 81.2 Å². The van der Waals surface area contributed by atoms with Crippen LogP contribution in [-0.4, -0.2) is 39.6 Å². The fourth-order valence-electron chi connectivity index (χ4n) is 6.57. The summed E-state index contributed by atoms with van der Waals surface area (Å²) < 4.78 is 10.1. The summed E-state index contributed by atoms with van der Waals surface area (Å²) in [5.41, 5.74) is 6.82. The second-order valence-electron chi connectivity index (χ2n) is 13.6. The maximum absolute atomic E-state index is 6.67. The summed E-state index contributed by atoms with van der Waals surface area (Å²) in [6, 6.07) is 17.8.